The summed E-state index contributed by atoms with van der Waals surface area (Å²) in [4.78, 5) is 24.8. The molecule has 1 aromatic carbocycles. The van der Waals surface area contributed by atoms with E-state index >= 15 is 0 Å². The number of nitrogens with zero attached hydrogens (tertiary/aromatic N) is 2. The van der Waals surface area contributed by atoms with E-state index in [2.05, 4.69) is 15.7 Å². The van der Waals surface area contributed by atoms with Gasteiger partial charge in [0.05, 0.1) is 18.9 Å². The fraction of sp³-hybridized carbons (Fsp3) is 0.421. The van der Waals surface area contributed by atoms with Crippen LogP contribution in [0.15, 0.2) is 35.3 Å². The Hall–Kier alpha value is -2.87. The molecule has 0 saturated carbocycles. The smallest absolute Gasteiger partial charge is 0.294 e. The lowest BCUT2D eigenvalue weighted by Crippen LogP contribution is -2.31. The van der Waals surface area contributed by atoms with Crippen molar-refractivity contribution in [2.45, 2.75) is 25.9 Å². The number of amides is 1. The van der Waals surface area contributed by atoms with Crippen LogP contribution in [-0.4, -0.2) is 41.6 Å². The van der Waals surface area contributed by atoms with Crippen LogP contribution in [0.4, 0.5) is 11.4 Å². The summed E-state index contributed by atoms with van der Waals surface area (Å²) in [7, 11) is 1.57. The second-order valence-electron chi connectivity index (χ2n) is 6.30. The van der Waals surface area contributed by atoms with Gasteiger partial charge in [-0.15, -0.1) is 0 Å². The number of aromatic nitrogens is 2. The van der Waals surface area contributed by atoms with Crippen LogP contribution < -0.4 is 20.9 Å². The highest BCUT2D eigenvalue weighted by molar-refractivity contribution is 5.95. The predicted octanol–water partition coefficient (Wildman–Crippen LogP) is 1.83. The molecule has 1 saturated heterocycles. The van der Waals surface area contributed by atoms with Crippen molar-refractivity contribution in [3.8, 4) is 5.75 Å². The molecule has 0 unspecified atom stereocenters. The minimum absolute atomic E-state index is 0.0869. The SMILES string of the molecule is CCOc1cnn(C)c(=O)c1Nc1cccc(C(=O)NC[C@H]2CCCO2)c1. The lowest BCUT2D eigenvalue weighted by molar-refractivity contribution is 0.0858. The van der Waals surface area contributed by atoms with Gasteiger partial charge in [0.25, 0.3) is 11.5 Å². The monoisotopic (exact) mass is 372 g/mol. The van der Waals surface area contributed by atoms with Crippen molar-refractivity contribution in [1.82, 2.24) is 15.1 Å². The highest BCUT2D eigenvalue weighted by Crippen LogP contribution is 2.23. The number of carbonyl (C=O) groups is 1. The number of rotatable bonds is 7. The van der Waals surface area contributed by atoms with Crippen molar-refractivity contribution in [2.24, 2.45) is 7.05 Å². The molecule has 0 spiro atoms. The van der Waals surface area contributed by atoms with Gasteiger partial charge in [-0.1, -0.05) is 6.07 Å². The minimum atomic E-state index is -0.311. The average molecular weight is 372 g/mol. The summed E-state index contributed by atoms with van der Waals surface area (Å²) in [6.45, 7) is 3.49. The summed E-state index contributed by atoms with van der Waals surface area (Å²) < 4.78 is 12.2. The van der Waals surface area contributed by atoms with Gasteiger partial charge in [0.1, 0.15) is 0 Å². The first-order valence-electron chi connectivity index (χ1n) is 9.04. The van der Waals surface area contributed by atoms with E-state index in [1.165, 1.54) is 10.9 Å². The van der Waals surface area contributed by atoms with Crippen LogP contribution in [0.1, 0.15) is 30.1 Å². The number of benzene rings is 1. The van der Waals surface area contributed by atoms with Gasteiger partial charge >= 0.3 is 0 Å². The van der Waals surface area contributed by atoms with Gasteiger partial charge in [0.2, 0.25) is 0 Å². The molecule has 1 aliphatic heterocycles. The lowest BCUT2D eigenvalue weighted by atomic mass is 10.1. The van der Waals surface area contributed by atoms with Gasteiger partial charge in [0.15, 0.2) is 11.4 Å². The third kappa shape index (κ3) is 4.65. The molecule has 2 aromatic rings. The van der Waals surface area contributed by atoms with E-state index in [1.807, 2.05) is 6.92 Å². The predicted molar refractivity (Wildman–Crippen MR) is 102 cm³/mol. The van der Waals surface area contributed by atoms with Crippen molar-refractivity contribution in [3.05, 3.63) is 46.4 Å². The van der Waals surface area contributed by atoms with Crippen LogP contribution in [0.3, 0.4) is 0 Å². The summed E-state index contributed by atoms with van der Waals surface area (Å²) in [6, 6.07) is 6.96. The van der Waals surface area contributed by atoms with Gasteiger partial charge in [-0.25, -0.2) is 4.68 Å². The number of hydrogen-bond donors (Lipinski definition) is 2. The van der Waals surface area contributed by atoms with E-state index in [4.69, 9.17) is 9.47 Å². The third-order valence-corrected chi connectivity index (χ3v) is 4.31. The Morgan fingerprint density at radius 3 is 3.04 bits per heavy atom. The largest absolute Gasteiger partial charge is 0.490 e. The molecule has 8 nitrogen and oxygen atoms in total. The Bertz CT molecular complexity index is 859. The zero-order chi connectivity index (χ0) is 19.2. The first-order valence-corrected chi connectivity index (χ1v) is 9.04. The Morgan fingerprint density at radius 1 is 1.44 bits per heavy atom. The molecule has 27 heavy (non-hydrogen) atoms. The average Bonchev–Trinajstić information content (AvgIpc) is 3.19. The fourth-order valence-electron chi connectivity index (χ4n) is 2.90. The topological polar surface area (TPSA) is 94.5 Å². The second kappa shape index (κ2) is 8.68. The summed E-state index contributed by atoms with van der Waals surface area (Å²) in [5.41, 5.74) is 1.09. The number of anilines is 2. The van der Waals surface area contributed by atoms with Crippen molar-refractivity contribution in [1.29, 1.82) is 0 Å². The number of hydrogen-bond acceptors (Lipinski definition) is 6. The van der Waals surface area contributed by atoms with Crippen LogP contribution in [-0.2, 0) is 11.8 Å². The number of aryl methyl sites for hydroxylation is 1. The van der Waals surface area contributed by atoms with Crippen molar-refractivity contribution >= 4 is 17.3 Å². The van der Waals surface area contributed by atoms with Crippen molar-refractivity contribution in [2.75, 3.05) is 25.1 Å². The van der Waals surface area contributed by atoms with Crippen molar-refractivity contribution in [3.63, 3.8) is 0 Å². The quantitative estimate of drug-likeness (QED) is 0.770. The molecular formula is C19H24N4O4. The molecule has 1 atom stereocenters. The van der Waals surface area contributed by atoms with E-state index in [0.29, 0.717) is 30.2 Å². The second-order valence-corrected chi connectivity index (χ2v) is 6.30. The summed E-state index contributed by atoms with van der Waals surface area (Å²) >= 11 is 0. The van der Waals surface area contributed by atoms with Crippen LogP contribution >= 0.6 is 0 Å². The maximum atomic E-state index is 12.4. The van der Waals surface area contributed by atoms with Crippen LogP contribution in [0.5, 0.6) is 5.75 Å². The molecule has 0 bridgehead atoms. The Kier molecular flexibility index (Phi) is 6.08. The van der Waals surface area contributed by atoms with Crippen molar-refractivity contribution < 1.29 is 14.3 Å². The Morgan fingerprint density at radius 2 is 2.30 bits per heavy atom. The number of ether oxygens (including phenoxy) is 2. The van der Waals surface area contributed by atoms with E-state index in [0.717, 1.165) is 19.4 Å². The van der Waals surface area contributed by atoms with Crippen LogP contribution in [0.25, 0.3) is 0 Å². The molecule has 2 N–H and O–H groups in total. The molecule has 144 valence electrons. The highest BCUT2D eigenvalue weighted by Gasteiger charge is 2.17. The molecule has 1 aromatic heterocycles. The molecule has 2 heterocycles. The van der Waals surface area contributed by atoms with Gasteiger partial charge in [-0.3, -0.25) is 9.59 Å². The molecule has 1 amide bonds. The molecule has 1 fully saturated rings. The Balaban J connectivity index is 1.75. The lowest BCUT2D eigenvalue weighted by Gasteiger charge is -2.14. The zero-order valence-electron chi connectivity index (χ0n) is 15.5. The maximum absolute atomic E-state index is 12.4. The van der Waals surface area contributed by atoms with E-state index in [9.17, 15) is 9.59 Å². The van der Waals surface area contributed by atoms with Gasteiger partial charge < -0.3 is 20.1 Å². The first kappa shape index (κ1) is 18.9. The molecule has 0 aliphatic carbocycles. The van der Waals surface area contributed by atoms with Crippen LogP contribution in [0.2, 0.25) is 0 Å². The van der Waals surface area contributed by atoms with Crippen LogP contribution in [0, 0.1) is 0 Å². The van der Waals surface area contributed by atoms with Gasteiger partial charge in [0, 0.05) is 31.5 Å². The first-order chi connectivity index (χ1) is 13.1. The standard InChI is InChI=1S/C19H24N4O4/c1-3-26-16-12-21-23(2)19(25)17(16)22-14-7-4-6-13(10-14)18(24)20-11-15-8-5-9-27-15/h4,6-7,10,12,15,22H,3,5,8-9,11H2,1-2H3,(H,20,24)/t15-/m1/s1. The highest BCUT2D eigenvalue weighted by atomic mass is 16.5. The summed E-state index contributed by atoms with van der Waals surface area (Å²) in [6.07, 6.45) is 3.57. The third-order valence-electron chi connectivity index (χ3n) is 4.31. The summed E-state index contributed by atoms with van der Waals surface area (Å²) in [5.74, 6) is 0.190. The van der Waals surface area contributed by atoms with E-state index in [1.54, 1.807) is 31.3 Å². The fourth-order valence-corrected chi connectivity index (χ4v) is 2.90. The van der Waals surface area contributed by atoms with Gasteiger partial charge in [-0.2, -0.15) is 5.10 Å². The normalized spacial score (nSPS) is 16.1. The van der Waals surface area contributed by atoms with Gasteiger partial charge in [-0.05, 0) is 38.0 Å². The summed E-state index contributed by atoms with van der Waals surface area (Å²) in [5, 5.41) is 9.92. The number of nitrogens with one attached hydrogen (secondary N) is 2. The molecule has 8 heteroatoms. The maximum Gasteiger partial charge on any atom is 0.294 e. The molecule has 3 rings (SSSR count). The number of carbonyl (C=O) groups excluding carboxylic acids is 1. The molecular weight excluding hydrogens is 348 g/mol. The molecule has 1 aliphatic rings. The Labute approximate surface area is 157 Å². The molecule has 0 radical (unpaired) electrons. The van der Waals surface area contributed by atoms with E-state index in [-0.39, 0.29) is 23.3 Å². The van der Waals surface area contributed by atoms with E-state index < -0.39 is 0 Å². The minimum Gasteiger partial charge on any atom is -0.490 e. The zero-order valence-corrected chi connectivity index (χ0v) is 15.5.